The average molecular weight is 222 g/mol. The van der Waals surface area contributed by atoms with Crippen LogP contribution in [0.4, 0.5) is 0 Å². The van der Waals surface area contributed by atoms with Crippen molar-refractivity contribution in [3.05, 3.63) is 0 Å². The zero-order valence-corrected chi connectivity index (χ0v) is 10.4. The number of carbonyl (C=O) groups is 1. The van der Waals surface area contributed by atoms with Gasteiger partial charge in [-0.15, -0.1) is 0 Å². The van der Waals surface area contributed by atoms with Crippen LogP contribution in [0.25, 0.3) is 0 Å². The molecule has 2 heteroatoms. The average Bonchev–Trinajstić information content (AvgIpc) is 2.34. The third-order valence-electron chi connectivity index (χ3n) is 3.38. The van der Waals surface area contributed by atoms with Crippen LogP contribution in [0.5, 0.6) is 0 Å². The molecule has 0 aromatic heterocycles. The minimum atomic E-state index is -0.409. The molecule has 16 heavy (non-hydrogen) atoms. The number of esters is 1. The first-order valence-corrected chi connectivity index (χ1v) is 6.35. The molecule has 0 radical (unpaired) electrons. The minimum Gasteiger partial charge on any atom is -0.459 e. The fourth-order valence-electron chi connectivity index (χ4n) is 2.30. The van der Waals surface area contributed by atoms with E-state index in [0.717, 1.165) is 18.8 Å². The van der Waals surface area contributed by atoms with Gasteiger partial charge in [0.2, 0.25) is 0 Å². The number of ether oxygens (including phenoxy) is 1. The maximum absolute atomic E-state index is 10.9. The molecule has 1 saturated carbocycles. The zero-order valence-electron chi connectivity index (χ0n) is 10.4. The highest BCUT2D eigenvalue weighted by Gasteiger charge is 2.19. The molecule has 0 heterocycles. The first-order chi connectivity index (χ1) is 7.76. The Hall–Kier alpha value is -0.970. The van der Waals surface area contributed by atoms with Crippen LogP contribution in [0, 0.1) is 23.7 Å². The number of carbonyl (C=O) groups excluding carboxylic acids is 1. The Morgan fingerprint density at radius 2 is 2.00 bits per heavy atom. The van der Waals surface area contributed by atoms with Gasteiger partial charge in [-0.3, -0.25) is 0 Å². The van der Waals surface area contributed by atoms with E-state index in [1.54, 1.807) is 0 Å². The van der Waals surface area contributed by atoms with Crippen molar-refractivity contribution in [2.45, 2.75) is 51.9 Å². The van der Waals surface area contributed by atoms with Crippen LogP contribution in [-0.4, -0.2) is 13.1 Å². The fourth-order valence-corrected chi connectivity index (χ4v) is 2.30. The molecule has 0 aromatic rings. The molecule has 90 valence electrons. The van der Waals surface area contributed by atoms with Crippen LogP contribution in [0.15, 0.2) is 0 Å². The fraction of sp³-hybridized carbons (Fsp3) is 0.786. The van der Waals surface area contributed by atoms with Crippen molar-refractivity contribution in [3.63, 3.8) is 0 Å². The summed E-state index contributed by atoms with van der Waals surface area (Å²) in [6, 6.07) is 0. The van der Waals surface area contributed by atoms with Crippen LogP contribution in [0.2, 0.25) is 0 Å². The van der Waals surface area contributed by atoms with Gasteiger partial charge in [-0.2, -0.15) is 0 Å². The van der Waals surface area contributed by atoms with Crippen LogP contribution in [0.1, 0.15) is 51.9 Å². The Morgan fingerprint density at radius 3 is 2.56 bits per heavy atom. The van der Waals surface area contributed by atoms with E-state index in [-0.39, 0.29) is 0 Å². The number of hydrogen-bond donors (Lipinski definition) is 0. The van der Waals surface area contributed by atoms with Gasteiger partial charge in [0.05, 0.1) is 7.11 Å². The summed E-state index contributed by atoms with van der Waals surface area (Å²) in [7, 11) is 1.37. The van der Waals surface area contributed by atoms with Gasteiger partial charge in [-0.1, -0.05) is 32.1 Å². The van der Waals surface area contributed by atoms with E-state index in [9.17, 15) is 4.79 Å². The molecular weight excluding hydrogens is 200 g/mol. The third-order valence-corrected chi connectivity index (χ3v) is 3.38. The lowest BCUT2D eigenvalue weighted by Gasteiger charge is -2.25. The topological polar surface area (TPSA) is 26.3 Å². The molecule has 0 unspecified atom stereocenters. The van der Waals surface area contributed by atoms with Gasteiger partial charge in [0.1, 0.15) is 0 Å². The van der Waals surface area contributed by atoms with E-state index in [0.29, 0.717) is 5.92 Å². The Bertz CT molecular complexity index is 264. The Morgan fingerprint density at radius 1 is 1.31 bits per heavy atom. The number of methoxy groups -OCH3 is 1. The second-order valence-electron chi connectivity index (χ2n) is 4.62. The van der Waals surface area contributed by atoms with Gasteiger partial charge < -0.3 is 4.74 Å². The van der Waals surface area contributed by atoms with Crippen molar-refractivity contribution >= 4 is 5.97 Å². The molecule has 0 N–H and O–H groups in total. The van der Waals surface area contributed by atoms with Gasteiger partial charge in [0, 0.05) is 11.8 Å². The largest absolute Gasteiger partial charge is 0.459 e. The summed E-state index contributed by atoms with van der Waals surface area (Å²) in [6.45, 7) is 2.24. The lowest BCUT2D eigenvalue weighted by Crippen LogP contribution is -2.13. The van der Waals surface area contributed by atoms with Gasteiger partial charge in [0.25, 0.3) is 0 Å². The summed E-state index contributed by atoms with van der Waals surface area (Å²) in [6.07, 6.45) is 8.87. The van der Waals surface area contributed by atoms with Crippen molar-refractivity contribution in [2.75, 3.05) is 7.11 Å². The molecule has 0 aromatic carbocycles. The number of hydrogen-bond acceptors (Lipinski definition) is 2. The quantitative estimate of drug-likeness (QED) is 0.416. The Labute approximate surface area is 98.8 Å². The molecule has 0 bridgehead atoms. The molecule has 0 spiro atoms. The summed E-state index contributed by atoms with van der Waals surface area (Å²) in [5.41, 5.74) is 0. The smallest absolute Gasteiger partial charge is 0.384 e. The third kappa shape index (κ3) is 4.70. The second kappa shape index (κ2) is 7.33. The van der Waals surface area contributed by atoms with Crippen LogP contribution >= 0.6 is 0 Å². The molecule has 1 rings (SSSR count). The molecule has 0 amide bonds. The highest BCUT2D eigenvalue weighted by molar-refractivity contribution is 5.88. The van der Waals surface area contributed by atoms with Crippen LogP contribution in [-0.2, 0) is 9.53 Å². The van der Waals surface area contributed by atoms with Crippen molar-refractivity contribution in [3.8, 4) is 11.8 Å². The Kier molecular flexibility index (Phi) is 6.00. The highest BCUT2D eigenvalue weighted by atomic mass is 16.5. The van der Waals surface area contributed by atoms with Gasteiger partial charge >= 0.3 is 5.97 Å². The molecule has 0 saturated heterocycles. The van der Waals surface area contributed by atoms with E-state index in [2.05, 4.69) is 23.5 Å². The van der Waals surface area contributed by atoms with Crippen molar-refractivity contribution in [1.29, 1.82) is 0 Å². The normalized spacial score (nSPS) is 24.4. The monoisotopic (exact) mass is 222 g/mol. The van der Waals surface area contributed by atoms with Gasteiger partial charge in [-0.25, -0.2) is 4.79 Å². The molecule has 1 aliphatic rings. The molecule has 0 atom stereocenters. The predicted octanol–water partition coefficient (Wildman–Crippen LogP) is 3.16. The minimum absolute atomic E-state index is 0.409. The van der Waals surface area contributed by atoms with E-state index in [4.69, 9.17) is 0 Å². The first-order valence-electron chi connectivity index (χ1n) is 6.35. The lowest BCUT2D eigenvalue weighted by molar-refractivity contribution is -0.133. The van der Waals surface area contributed by atoms with Crippen LogP contribution < -0.4 is 0 Å². The van der Waals surface area contributed by atoms with E-state index in [1.807, 2.05) is 0 Å². The molecule has 0 aliphatic heterocycles. The maximum Gasteiger partial charge on any atom is 0.384 e. The van der Waals surface area contributed by atoms with Crippen LogP contribution in [0.3, 0.4) is 0 Å². The van der Waals surface area contributed by atoms with Crippen molar-refractivity contribution < 1.29 is 9.53 Å². The summed E-state index contributed by atoms with van der Waals surface area (Å²) < 4.78 is 4.50. The van der Waals surface area contributed by atoms with E-state index in [1.165, 1.54) is 39.2 Å². The maximum atomic E-state index is 10.9. The molecular formula is C14H22O2. The summed E-state index contributed by atoms with van der Waals surface area (Å²) >= 11 is 0. The standard InChI is InChI=1S/C14H22O2/c1-3-4-5-12-6-8-13(9-7-12)10-11-14(15)16-2/h12-13H,3-9H2,1-2H3. The van der Waals surface area contributed by atoms with E-state index >= 15 is 0 Å². The summed E-state index contributed by atoms with van der Waals surface area (Å²) in [5, 5.41) is 0. The van der Waals surface area contributed by atoms with E-state index < -0.39 is 5.97 Å². The number of rotatable bonds is 3. The predicted molar refractivity (Wildman–Crippen MR) is 64.8 cm³/mol. The lowest BCUT2D eigenvalue weighted by atomic mass is 9.80. The summed E-state index contributed by atoms with van der Waals surface area (Å²) in [4.78, 5) is 10.9. The molecule has 1 aliphatic carbocycles. The van der Waals surface area contributed by atoms with Gasteiger partial charge in [-0.05, 0) is 31.6 Å². The zero-order chi connectivity index (χ0) is 11.8. The van der Waals surface area contributed by atoms with Crippen molar-refractivity contribution in [1.82, 2.24) is 0 Å². The molecule has 1 fully saturated rings. The second-order valence-corrected chi connectivity index (χ2v) is 4.62. The molecule has 2 nitrogen and oxygen atoms in total. The van der Waals surface area contributed by atoms with Crippen molar-refractivity contribution in [2.24, 2.45) is 11.8 Å². The van der Waals surface area contributed by atoms with Gasteiger partial charge in [0.15, 0.2) is 0 Å². The SMILES string of the molecule is CCCCC1CCC(C#CC(=O)OC)CC1. The Balaban J connectivity index is 2.25. The first kappa shape index (κ1) is 13.1. The highest BCUT2D eigenvalue weighted by Crippen LogP contribution is 2.31. The number of unbranched alkanes of at least 4 members (excludes halogenated alkanes) is 1. The summed E-state index contributed by atoms with van der Waals surface area (Å²) in [5.74, 6) is 6.48.